The molecule has 0 radical (unpaired) electrons. The Hall–Kier alpha value is -2.00. The van der Waals surface area contributed by atoms with Crippen LogP contribution in [0.15, 0.2) is 48.5 Å². The SMILES string of the molecule is O=C(NCCc1ccc(N2CCCCCC2)cc1)c1ccccc1Cl. The van der Waals surface area contributed by atoms with Gasteiger partial charge in [0.1, 0.15) is 0 Å². The van der Waals surface area contributed by atoms with E-state index in [1.807, 2.05) is 12.1 Å². The van der Waals surface area contributed by atoms with Crippen molar-refractivity contribution in [1.29, 1.82) is 0 Å². The third-order valence-electron chi connectivity index (χ3n) is 4.73. The summed E-state index contributed by atoms with van der Waals surface area (Å²) in [5.74, 6) is -0.119. The fraction of sp³-hybridized carbons (Fsp3) is 0.381. The summed E-state index contributed by atoms with van der Waals surface area (Å²) in [5.41, 5.74) is 3.07. The van der Waals surface area contributed by atoms with Gasteiger partial charge < -0.3 is 10.2 Å². The van der Waals surface area contributed by atoms with Crippen molar-refractivity contribution in [1.82, 2.24) is 5.32 Å². The molecule has 3 rings (SSSR count). The largest absolute Gasteiger partial charge is 0.372 e. The Labute approximate surface area is 155 Å². The van der Waals surface area contributed by atoms with E-state index in [-0.39, 0.29) is 5.91 Å². The molecule has 0 spiro atoms. The van der Waals surface area contributed by atoms with Crippen LogP contribution in [-0.2, 0) is 6.42 Å². The van der Waals surface area contributed by atoms with Crippen LogP contribution in [0, 0.1) is 0 Å². The average molecular weight is 357 g/mol. The number of rotatable bonds is 5. The highest BCUT2D eigenvalue weighted by Crippen LogP contribution is 2.20. The summed E-state index contributed by atoms with van der Waals surface area (Å²) in [5, 5.41) is 3.43. The standard InChI is InChI=1S/C21H25ClN2O/c22-20-8-4-3-7-19(20)21(25)23-14-13-17-9-11-18(12-10-17)24-15-5-1-2-6-16-24/h3-4,7-12H,1-2,5-6,13-16H2,(H,23,25). The van der Waals surface area contributed by atoms with Crippen LogP contribution in [0.1, 0.15) is 41.6 Å². The van der Waals surface area contributed by atoms with Crippen LogP contribution in [0.25, 0.3) is 0 Å². The lowest BCUT2D eigenvalue weighted by Gasteiger charge is -2.22. The maximum Gasteiger partial charge on any atom is 0.252 e. The molecule has 1 amide bonds. The number of amides is 1. The van der Waals surface area contributed by atoms with Crippen molar-refractivity contribution in [3.63, 3.8) is 0 Å². The first kappa shape index (κ1) is 17.8. The van der Waals surface area contributed by atoms with Crippen molar-refractivity contribution < 1.29 is 4.79 Å². The number of benzene rings is 2. The zero-order chi connectivity index (χ0) is 17.5. The van der Waals surface area contributed by atoms with Gasteiger partial charge in [0.25, 0.3) is 5.91 Å². The maximum absolute atomic E-state index is 12.1. The van der Waals surface area contributed by atoms with Crippen molar-refractivity contribution in [3.8, 4) is 0 Å². The lowest BCUT2D eigenvalue weighted by molar-refractivity contribution is 0.0954. The van der Waals surface area contributed by atoms with E-state index in [4.69, 9.17) is 11.6 Å². The van der Waals surface area contributed by atoms with Gasteiger partial charge in [0, 0.05) is 25.3 Å². The van der Waals surface area contributed by atoms with Gasteiger partial charge in [0.2, 0.25) is 0 Å². The highest BCUT2D eigenvalue weighted by atomic mass is 35.5. The predicted octanol–water partition coefficient (Wildman–Crippen LogP) is 4.69. The molecule has 0 bridgehead atoms. The number of anilines is 1. The summed E-state index contributed by atoms with van der Waals surface area (Å²) in [4.78, 5) is 14.6. The van der Waals surface area contributed by atoms with E-state index >= 15 is 0 Å². The first-order valence-corrected chi connectivity index (χ1v) is 9.48. The van der Waals surface area contributed by atoms with Crippen LogP contribution < -0.4 is 10.2 Å². The Morgan fingerprint density at radius 2 is 1.64 bits per heavy atom. The van der Waals surface area contributed by atoms with E-state index in [9.17, 15) is 4.79 Å². The van der Waals surface area contributed by atoms with Crippen molar-refractivity contribution in [3.05, 3.63) is 64.7 Å². The first-order chi connectivity index (χ1) is 12.2. The van der Waals surface area contributed by atoms with Gasteiger partial charge in [0.15, 0.2) is 0 Å². The summed E-state index contributed by atoms with van der Waals surface area (Å²) in [6, 6.07) is 15.9. The molecule has 132 valence electrons. The second kappa shape index (κ2) is 8.91. The number of halogens is 1. The monoisotopic (exact) mass is 356 g/mol. The lowest BCUT2D eigenvalue weighted by Crippen LogP contribution is -2.26. The van der Waals surface area contributed by atoms with Crippen LogP contribution in [-0.4, -0.2) is 25.5 Å². The molecule has 1 fully saturated rings. The van der Waals surface area contributed by atoms with Gasteiger partial charge in [-0.1, -0.05) is 48.7 Å². The Bertz CT molecular complexity index is 691. The van der Waals surface area contributed by atoms with Crippen molar-refractivity contribution >= 4 is 23.2 Å². The molecule has 0 saturated carbocycles. The quantitative estimate of drug-likeness (QED) is 0.842. The topological polar surface area (TPSA) is 32.3 Å². The fourth-order valence-corrected chi connectivity index (χ4v) is 3.48. The molecular weight excluding hydrogens is 332 g/mol. The summed E-state index contributed by atoms with van der Waals surface area (Å²) in [7, 11) is 0. The van der Waals surface area contributed by atoms with Crippen LogP contribution in [0.2, 0.25) is 5.02 Å². The molecule has 25 heavy (non-hydrogen) atoms. The molecule has 0 atom stereocenters. The van der Waals surface area contributed by atoms with Crippen LogP contribution in [0.5, 0.6) is 0 Å². The van der Waals surface area contributed by atoms with Gasteiger partial charge in [-0.3, -0.25) is 4.79 Å². The van der Waals surface area contributed by atoms with Gasteiger partial charge in [0.05, 0.1) is 10.6 Å². The third-order valence-corrected chi connectivity index (χ3v) is 5.05. The smallest absolute Gasteiger partial charge is 0.252 e. The molecule has 0 aromatic heterocycles. The van der Waals surface area contributed by atoms with E-state index in [2.05, 4.69) is 34.5 Å². The molecule has 1 aliphatic heterocycles. The molecular formula is C21H25ClN2O. The number of nitrogens with zero attached hydrogens (tertiary/aromatic N) is 1. The minimum absolute atomic E-state index is 0.119. The van der Waals surface area contributed by atoms with E-state index in [1.54, 1.807) is 12.1 Å². The zero-order valence-electron chi connectivity index (χ0n) is 14.5. The minimum Gasteiger partial charge on any atom is -0.372 e. The van der Waals surface area contributed by atoms with E-state index in [0.717, 1.165) is 19.5 Å². The molecule has 1 heterocycles. The third kappa shape index (κ3) is 4.99. The summed E-state index contributed by atoms with van der Waals surface area (Å²) >= 11 is 6.05. The second-order valence-corrected chi connectivity index (χ2v) is 6.96. The van der Waals surface area contributed by atoms with E-state index in [0.29, 0.717) is 17.1 Å². The van der Waals surface area contributed by atoms with Crippen LogP contribution in [0.3, 0.4) is 0 Å². The first-order valence-electron chi connectivity index (χ1n) is 9.10. The predicted molar refractivity (Wildman–Crippen MR) is 105 cm³/mol. The van der Waals surface area contributed by atoms with E-state index in [1.165, 1.54) is 36.9 Å². The molecule has 0 aliphatic carbocycles. The lowest BCUT2D eigenvalue weighted by atomic mass is 10.1. The maximum atomic E-state index is 12.1. The van der Waals surface area contributed by atoms with Crippen LogP contribution >= 0.6 is 11.6 Å². The van der Waals surface area contributed by atoms with Gasteiger partial charge in [-0.05, 0) is 49.1 Å². The van der Waals surface area contributed by atoms with Crippen molar-refractivity contribution in [2.24, 2.45) is 0 Å². The number of hydrogen-bond donors (Lipinski definition) is 1. The number of nitrogens with one attached hydrogen (secondary N) is 1. The van der Waals surface area contributed by atoms with Gasteiger partial charge in [-0.15, -0.1) is 0 Å². The molecule has 4 heteroatoms. The fourth-order valence-electron chi connectivity index (χ4n) is 3.26. The van der Waals surface area contributed by atoms with E-state index < -0.39 is 0 Å². The normalized spacial score (nSPS) is 14.8. The molecule has 1 aliphatic rings. The Morgan fingerprint density at radius 1 is 0.960 bits per heavy atom. The van der Waals surface area contributed by atoms with Crippen molar-refractivity contribution in [2.75, 3.05) is 24.5 Å². The number of hydrogen-bond acceptors (Lipinski definition) is 2. The Kier molecular flexibility index (Phi) is 6.35. The second-order valence-electron chi connectivity index (χ2n) is 6.55. The molecule has 2 aromatic carbocycles. The molecule has 3 nitrogen and oxygen atoms in total. The highest BCUT2D eigenvalue weighted by Gasteiger charge is 2.10. The average Bonchev–Trinajstić information content (AvgIpc) is 2.92. The van der Waals surface area contributed by atoms with Gasteiger partial charge in [-0.25, -0.2) is 0 Å². The zero-order valence-corrected chi connectivity index (χ0v) is 15.3. The number of carbonyl (C=O) groups is 1. The van der Waals surface area contributed by atoms with Crippen molar-refractivity contribution in [2.45, 2.75) is 32.1 Å². The highest BCUT2D eigenvalue weighted by molar-refractivity contribution is 6.33. The molecule has 1 saturated heterocycles. The summed E-state index contributed by atoms with van der Waals surface area (Å²) < 4.78 is 0. The van der Waals surface area contributed by atoms with Gasteiger partial charge in [-0.2, -0.15) is 0 Å². The number of carbonyl (C=O) groups excluding carboxylic acids is 1. The van der Waals surface area contributed by atoms with Gasteiger partial charge >= 0.3 is 0 Å². The summed E-state index contributed by atoms with van der Waals surface area (Å²) in [6.45, 7) is 2.92. The Balaban J connectivity index is 1.50. The molecule has 0 unspecified atom stereocenters. The summed E-state index contributed by atoms with van der Waals surface area (Å²) in [6.07, 6.45) is 6.08. The minimum atomic E-state index is -0.119. The molecule has 1 N–H and O–H groups in total. The van der Waals surface area contributed by atoms with Crippen LogP contribution in [0.4, 0.5) is 5.69 Å². The Morgan fingerprint density at radius 3 is 2.32 bits per heavy atom. The molecule has 2 aromatic rings.